The Labute approximate surface area is 204 Å². The third-order valence-corrected chi connectivity index (χ3v) is 7.28. The molecule has 0 spiro atoms. The number of carbonyl (C=O) groups excluding carboxylic acids is 2. The number of hydrogen-bond acceptors (Lipinski definition) is 6. The van der Waals surface area contributed by atoms with Gasteiger partial charge in [0.1, 0.15) is 0 Å². The summed E-state index contributed by atoms with van der Waals surface area (Å²) in [6, 6.07) is 7.03. The van der Waals surface area contributed by atoms with Crippen molar-refractivity contribution in [3.05, 3.63) is 35.4 Å². The Morgan fingerprint density at radius 3 is 1.29 bits per heavy atom. The molecule has 3 rings (SSSR count). The molecule has 8 heteroatoms. The van der Waals surface area contributed by atoms with Crippen molar-refractivity contribution < 1.29 is 9.59 Å². The van der Waals surface area contributed by atoms with Gasteiger partial charge in [-0.05, 0) is 99.3 Å². The Morgan fingerprint density at radius 1 is 0.706 bits per heavy atom. The molecular formula is C26H44N6O2. The van der Waals surface area contributed by atoms with E-state index in [-0.39, 0.29) is 46.1 Å². The van der Waals surface area contributed by atoms with E-state index < -0.39 is 0 Å². The minimum atomic E-state index is -0.294. The molecule has 2 aliphatic heterocycles. The van der Waals surface area contributed by atoms with Gasteiger partial charge in [-0.2, -0.15) is 0 Å². The van der Waals surface area contributed by atoms with Gasteiger partial charge in [0, 0.05) is 45.4 Å². The summed E-state index contributed by atoms with van der Waals surface area (Å²) in [6.45, 7) is 16.7. The standard InChI is InChI=1S/C26H44N6O2/c1-23(2)13-19(27)14-24(3,4)31(23)29-21(33)17-10-9-11-18(12-17)22(34)30-32-25(5,6)15-20(28)16-26(32,7)8/h9-12,19-20H,13-16,27-28H2,1-8H3,(H,29,33)(H,30,34). The number of amides is 2. The van der Waals surface area contributed by atoms with E-state index >= 15 is 0 Å². The number of hydrazine groups is 2. The summed E-state index contributed by atoms with van der Waals surface area (Å²) in [5.74, 6) is -0.480. The van der Waals surface area contributed by atoms with Gasteiger partial charge in [0.25, 0.3) is 11.8 Å². The first kappa shape index (κ1) is 26.6. The fraction of sp³-hybridized carbons (Fsp3) is 0.692. The minimum Gasteiger partial charge on any atom is -0.328 e. The Hall–Kier alpha value is -2.00. The molecule has 1 aromatic rings. The smallest absolute Gasteiger partial charge is 0.265 e. The summed E-state index contributed by atoms with van der Waals surface area (Å²) < 4.78 is 0. The van der Waals surface area contributed by atoms with E-state index in [2.05, 4.69) is 66.2 Å². The molecule has 1 aromatic carbocycles. The molecule has 0 aliphatic carbocycles. The van der Waals surface area contributed by atoms with Crippen molar-refractivity contribution in [3.8, 4) is 0 Å². The second-order valence-electron chi connectivity index (χ2n) is 12.7. The lowest BCUT2D eigenvalue weighted by Crippen LogP contribution is -2.68. The molecule has 2 heterocycles. The van der Waals surface area contributed by atoms with Crippen LogP contribution < -0.4 is 22.3 Å². The van der Waals surface area contributed by atoms with Crippen LogP contribution in [0.15, 0.2) is 24.3 Å². The van der Waals surface area contributed by atoms with Crippen molar-refractivity contribution in [2.75, 3.05) is 0 Å². The van der Waals surface area contributed by atoms with Gasteiger partial charge in [-0.25, -0.2) is 10.0 Å². The number of hydrogen-bond donors (Lipinski definition) is 4. The fourth-order valence-electron chi connectivity index (χ4n) is 6.45. The SMILES string of the molecule is CC1(C)CC(N)CC(C)(C)N1NC(=O)c1cccc(C(=O)NN2C(C)(C)CC(N)CC2(C)C)c1. The highest BCUT2D eigenvalue weighted by Gasteiger charge is 2.46. The lowest BCUT2D eigenvalue weighted by molar-refractivity contribution is -0.0677. The number of nitrogens with zero attached hydrogens (tertiary/aromatic N) is 2. The molecule has 0 saturated carbocycles. The predicted octanol–water partition coefficient (Wildman–Crippen LogP) is 2.94. The fourth-order valence-corrected chi connectivity index (χ4v) is 6.45. The lowest BCUT2D eigenvalue weighted by atomic mass is 9.79. The van der Waals surface area contributed by atoms with E-state index in [1.807, 2.05) is 10.0 Å². The van der Waals surface area contributed by atoms with E-state index in [9.17, 15) is 9.59 Å². The zero-order valence-corrected chi connectivity index (χ0v) is 22.2. The third kappa shape index (κ3) is 5.46. The van der Waals surface area contributed by atoms with Crippen molar-refractivity contribution >= 4 is 11.8 Å². The molecule has 0 bridgehead atoms. The van der Waals surface area contributed by atoms with Gasteiger partial charge in [0.15, 0.2) is 0 Å². The molecular weight excluding hydrogens is 428 g/mol. The molecule has 0 radical (unpaired) electrons. The number of piperidine rings is 2. The first-order valence-corrected chi connectivity index (χ1v) is 12.3. The molecule has 190 valence electrons. The lowest BCUT2D eigenvalue weighted by Gasteiger charge is -2.54. The van der Waals surface area contributed by atoms with Crippen LogP contribution in [0.25, 0.3) is 0 Å². The van der Waals surface area contributed by atoms with Crippen LogP contribution in [0, 0.1) is 0 Å². The van der Waals surface area contributed by atoms with E-state index in [1.54, 1.807) is 24.3 Å². The maximum absolute atomic E-state index is 13.2. The predicted molar refractivity (Wildman–Crippen MR) is 136 cm³/mol. The highest BCUT2D eigenvalue weighted by molar-refractivity contribution is 5.99. The Morgan fingerprint density at radius 2 is 1.00 bits per heavy atom. The molecule has 0 aromatic heterocycles. The van der Waals surface area contributed by atoms with Crippen LogP contribution in [0.4, 0.5) is 0 Å². The summed E-state index contributed by atoms with van der Waals surface area (Å²) in [4.78, 5) is 26.5. The van der Waals surface area contributed by atoms with E-state index in [4.69, 9.17) is 11.5 Å². The third-order valence-electron chi connectivity index (χ3n) is 7.28. The molecule has 8 nitrogen and oxygen atoms in total. The van der Waals surface area contributed by atoms with Crippen molar-refractivity contribution in [1.82, 2.24) is 20.9 Å². The Bertz CT molecular complexity index is 832. The second kappa shape index (κ2) is 8.90. The molecule has 0 unspecified atom stereocenters. The van der Waals surface area contributed by atoms with Crippen molar-refractivity contribution in [2.45, 2.75) is 115 Å². The van der Waals surface area contributed by atoms with E-state index in [1.165, 1.54) is 0 Å². The number of rotatable bonds is 4. The molecule has 2 aliphatic rings. The summed E-state index contributed by atoms with van der Waals surface area (Å²) >= 11 is 0. The number of nitrogens with two attached hydrogens (primary N) is 2. The molecule has 2 amide bonds. The number of nitrogens with one attached hydrogen (secondary N) is 2. The number of carbonyl (C=O) groups is 2. The maximum Gasteiger partial charge on any atom is 0.265 e. The van der Waals surface area contributed by atoms with Crippen LogP contribution in [0.2, 0.25) is 0 Å². The van der Waals surface area contributed by atoms with Gasteiger partial charge in [-0.3, -0.25) is 20.4 Å². The monoisotopic (exact) mass is 472 g/mol. The normalized spacial score (nSPS) is 25.0. The summed E-state index contributed by atoms with van der Waals surface area (Å²) in [7, 11) is 0. The quantitative estimate of drug-likeness (QED) is 0.535. The Kier molecular flexibility index (Phi) is 6.96. The first-order chi connectivity index (χ1) is 15.4. The molecule has 2 saturated heterocycles. The summed E-state index contributed by atoms with van der Waals surface area (Å²) in [5, 5.41) is 4.03. The molecule has 2 fully saturated rings. The van der Waals surface area contributed by atoms with Crippen LogP contribution in [-0.4, -0.2) is 56.1 Å². The zero-order valence-electron chi connectivity index (χ0n) is 22.2. The van der Waals surface area contributed by atoms with Crippen LogP contribution in [-0.2, 0) is 0 Å². The summed E-state index contributed by atoms with van der Waals surface area (Å²) in [6.07, 6.45) is 3.13. The maximum atomic E-state index is 13.2. The van der Waals surface area contributed by atoms with Crippen LogP contribution in [0.3, 0.4) is 0 Å². The van der Waals surface area contributed by atoms with E-state index in [0.717, 1.165) is 25.7 Å². The molecule has 34 heavy (non-hydrogen) atoms. The first-order valence-electron chi connectivity index (χ1n) is 12.3. The minimum absolute atomic E-state index is 0.0861. The second-order valence-corrected chi connectivity index (χ2v) is 12.7. The molecule has 0 atom stereocenters. The summed E-state index contributed by atoms with van der Waals surface area (Å²) in [5.41, 5.74) is 18.4. The van der Waals surface area contributed by atoms with Crippen LogP contribution in [0.1, 0.15) is 102 Å². The average Bonchev–Trinajstić information content (AvgIpc) is 2.65. The van der Waals surface area contributed by atoms with Gasteiger partial charge < -0.3 is 11.5 Å². The van der Waals surface area contributed by atoms with Gasteiger partial charge in [-0.1, -0.05) is 6.07 Å². The van der Waals surface area contributed by atoms with Crippen molar-refractivity contribution in [2.24, 2.45) is 11.5 Å². The van der Waals surface area contributed by atoms with Crippen LogP contribution >= 0.6 is 0 Å². The highest BCUT2D eigenvalue weighted by Crippen LogP contribution is 2.37. The zero-order chi connectivity index (χ0) is 25.7. The van der Waals surface area contributed by atoms with Gasteiger partial charge in [-0.15, -0.1) is 0 Å². The topological polar surface area (TPSA) is 117 Å². The van der Waals surface area contributed by atoms with Gasteiger partial charge >= 0.3 is 0 Å². The highest BCUT2D eigenvalue weighted by atomic mass is 16.2. The molecule has 6 N–H and O–H groups in total. The Balaban J connectivity index is 1.78. The number of benzene rings is 1. The van der Waals surface area contributed by atoms with Gasteiger partial charge in [0.05, 0.1) is 0 Å². The van der Waals surface area contributed by atoms with Crippen LogP contribution in [0.5, 0.6) is 0 Å². The van der Waals surface area contributed by atoms with Crippen molar-refractivity contribution in [3.63, 3.8) is 0 Å². The van der Waals surface area contributed by atoms with E-state index in [0.29, 0.717) is 11.1 Å². The largest absolute Gasteiger partial charge is 0.328 e. The van der Waals surface area contributed by atoms with Crippen molar-refractivity contribution in [1.29, 1.82) is 0 Å². The average molecular weight is 473 g/mol. The van der Waals surface area contributed by atoms with Gasteiger partial charge in [0.2, 0.25) is 0 Å².